The maximum Gasteiger partial charge on any atom is 0.261 e. The number of carbonyl (C=O) groups excluding carboxylic acids is 1. The molecule has 13 heteroatoms. The Kier molecular flexibility index (Phi) is 9.29. The number of hydrogen-bond donors (Lipinski definition) is 2. The fraction of sp³-hybridized carbons (Fsp3) is 0.231. The van der Waals surface area contributed by atoms with E-state index in [0.717, 1.165) is 60.2 Å². The number of sulfonamides is 1. The van der Waals surface area contributed by atoms with Crippen molar-refractivity contribution in [3.63, 3.8) is 0 Å². The maximum absolute atomic E-state index is 13.1. The molecule has 4 aromatic rings. The summed E-state index contributed by atoms with van der Waals surface area (Å²) in [5, 5.41) is 4.63. The predicted molar refractivity (Wildman–Crippen MR) is 157 cm³/mol. The Morgan fingerprint density at radius 3 is 2.38 bits per heavy atom. The van der Waals surface area contributed by atoms with Crippen LogP contribution < -0.4 is 14.9 Å². The van der Waals surface area contributed by atoms with Crippen LogP contribution in [0.25, 0.3) is 10.2 Å². The van der Waals surface area contributed by atoms with Crippen molar-refractivity contribution in [3.05, 3.63) is 83.1 Å². The van der Waals surface area contributed by atoms with Crippen LogP contribution in [0.5, 0.6) is 0 Å². The molecule has 0 bridgehead atoms. The molecule has 0 aliphatic carbocycles. The summed E-state index contributed by atoms with van der Waals surface area (Å²) in [5.74, 6) is -0.748. The van der Waals surface area contributed by atoms with E-state index in [2.05, 4.69) is 19.8 Å². The number of halogens is 3. The summed E-state index contributed by atoms with van der Waals surface area (Å²) in [6, 6.07) is 16.4. The van der Waals surface area contributed by atoms with E-state index in [4.69, 9.17) is 16.6 Å². The van der Waals surface area contributed by atoms with Crippen LogP contribution >= 0.6 is 35.3 Å². The molecule has 1 saturated heterocycles. The lowest BCUT2D eigenvalue weighted by molar-refractivity contribution is 0.0948. The minimum absolute atomic E-state index is 0. The summed E-state index contributed by atoms with van der Waals surface area (Å²) >= 11 is 7.74. The zero-order chi connectivity index (χ0) is 26.7. The van der Waals surface area contributed by atoms with E-state index < -0.39 is 15.8 Å². The number of benzene rings is 3. The molecule has 1 aliphatic heterocycles. The zero-order valence-corrected chi connectivity index (χ0v) is 23.8. The monoisotopic (exact) mass is 609 g/mol. The largest absolute Gasteiger partial charge is 0.351 e. The standard InChI is InChI=1S/C26H25ClFN5O3S2.ClH/c27-19-3-10-23-24(17-19)37-26(30-23)33-15-13-32(14-16-33)12-11-29-25(34)18-1-6-21(7-2-18)31-38(35,36)22-8-4-20(28)5-9-22;/h1-10,17,31H,11-16H2,(H,29,34);1H. The number of anilines is 2. The van der Waals surface area contributed by atoms with Gasteiger partial charge in [0.05, 0.1) is 15.1 Å². The van der Waals surface area contributed by atoms with Crippen molar-refractivity contribution in [2.24, 2.45) is 0 Å². The third-order valence-corrected chi connectivity index (χ3v) is 8.93. The molecule has 1 aromatic heterocycles. The number of piperazine rings is 1. The number of aromatic nitrogens is 1. The Hall–Kier alpha value is -2.96. The fourth-order valence-electron chi connectivity index (χ4n) is 4.13. The number of nitrogens with one attached hydrogen (secondary N) is 2. The molecular formula is C26H26Cl2FN5O3S2. The molecule has 0 unspecified atom stereocenters. The summed E-state index contributed by atoms with van der Waals surface area (Å²) < 4.78 is 41.5. The summed E-state index contributed by atoms with van der Waals surface area (Å²) in [6.45, 7) is 4.68. The normalized spacial score (nSPS) is 14.2. The maximum atomic E-state index is 13.1. The molecule has 8 nitrogen and oxygen atoms in total. The number of thiazole rings is 1. The van der Waals surface area contributed by atoms with E-state index in [9.17, 15) is 17.6 Å². The number of amides is 1. The Morgan fingerprint density at radius 1 is 1.00 bits per heavy atom. The average Bonchev–Trinajstić information content (AvgIpc) is 3.33. The van der Waals surface area contributed by atoms with Gasteiger partial charge in [-0.15, -0.1) is 12.4 Å². The molecule has 2 heterocycles. The molecule has 5 rings (SSSR count). The Morgan fingerprint density at radius 2 is 1.69 bits per heavy atom. The van der Waals surface area contributed by atoms with Gasteiger partial charge < -0.3 is 10.2 Å². The van der Waals surface area contributed by atoms with Crippen molar-refractivity contribution in [1.82, 2.24) is 15.2 Å². The molecule has 0 saturated carbocycles. The van der Waals surface area contributed by atoms with Gasteiger partial charge in [0.15, 0.2) is 5.13 Å². The smallest absolute Gasteiger partial charge is 0.261 e. The van der Waals surface area contributed by atoms with E-state index >= 15 is 0 Å². The lowest BCUT2D eigenvalue weighted by Crippen LogP contribution is -2.48. The summed E-state index contributed by atoms with van der Waals surface area (Å²) in [5.41, 5.74) is 1.69. The van der Waals surface area contributed by atoms with E-state index in [0.29, 0.717) is 22.8 Å². The minimum atomic E-state index is -3.86. The van der Waals surface area contributed by atoms with Crippen molar-refractivity contribution >= 4 is 72.3 Å². The first-order valence-electron chi connectivity index (χ1n) is 12.0. The van der Waals surface area contributed by atoms with Crippen LogP contribution in [0.1, 0.15) is 10.4 Å². The van der Waals surface area contributed by atoms with Gasteiger partial charge in [0.1, 0.15) is 5.82 Å². The molecule has 0 spiro atoms. The van der Waals surface area contributed by atoms with E-state index in [1.165, 1.54) is 24.3 Å². The summed E-state index contributed by atoms with van der Waals surface area (Å²) in [4.78, 5) is 21.8. The highest BCUT2D eigenvalue weighted by molar-refractivity contribution is 7.92. The summed E-state index contributed by atoms with van der Waals surface area (Å²) in [6.07, 6.45) is 0. The highest BCUT2D eigenvalue weighted by Gasteiger charge is 2.20. The molecule has 2 N–H and O–H groups in total. The molecule has 3 aromatic carbocycles. The first-order valence-corrected chi connectivity index (χ1v) is 14.6. The highest BCUT2D eigenvalue weighted by Crippen LogP contribution is 2.31. The SMILES string of the molecule is Cl.O=C(NCCN1CCN(c2nc3ccc(Cl)cc3s2)CC1)c1ccc(NS(=O)(=O)c2ccc(F)cc2)cc1. The first kappa shape index (κ1) is 29.0. The van der Waals surface area contributed by atoms with Crippen LogP contribution in [0.4, 0.5) is 15.2 Å². The van der Waals surface area contributed by atoms with Crippen LogP contribution in [0.3, 0.4) is 0 Å². The van der Waals surface area contributed by atoms with E-state index in [1.807, 2.05) is 18.2 Å². The summed E-state index contributed by atoms with van der Waals surface area (Å²) in [7, 11) is -3.86. The average molecular weight is 611 g/mol. The second-order valence-electron chi connectivity index (χ2n) is 8.83. The molecule has 0 radical (unpaired) electrons. The van der Waals surface area contributed by atoms with Crippen molar-refractivity contribution in [2.45, 2.75) is 4.90 Å². The van der Waals surface area contributed by atoms with Gasteiger partial charge in [0.25, 0.3) is 15.9 Å². The van der Waals surface area contributed by atoms with Gasteiger partial charge in [-0.1, -0.05) is 22.9 Å². The first-order chi connectivity index (χ1) is 18.3. The second-order valence-corrected chi connectivity index (χ2v) is 12.0. The Bertz CT molecular complexity index is 1540. The third-order valence-electron chi connectivity index (χ3n) is 6.22. The van der Waals surface area contributed by atoms with Crippen molar-refractivity contribution < 1.29 is 17.6 Å². The van der Waals surface area contributed by atoms with Crippen molar-refractivity contribution in [1.29, 1.82) is 0 Å². The van der Waals surface area contributed by atoms with Gasteiger partial charge >= 0.3 is 0 Å². The third kappa shape index (κ3) is 7.17. The number of hydrogen-bond acceptors (Lipinski definition) is 7. The predicted octanol–water partition coefficient (Wildman–Crippen LogP) is 4.86. The second kappa shape index (κ2) is 12.5. The van der Waals surface area contributed by atoms with Crippen LogP contribution in [-0.4, -0.2) is 63.5 Å². The number of carbonyl (C=O) groups is 1. The van der Waals surface area contributed by atoms with Gasteiger partial charge in [0.2, 0.25) is 0 Å². The Balaban J connectivity index is 0.00000353. The Labute approximate surface area is 241 Å². The topological polar surface area (TPSA) is 94.6 Å². The molecular weight excluding hydrogens is 584 g/mol. The van der Waals surface area contributed by atoms with Crippen LogP contribution in [0, 0.1) is 5.82 Å². The quantitative estimate of drug-likeness (QED) is 0.296. The lowest BCUT2D eigenvalue weighted by Gasteiger charge is -2.34. The van der Waals surface area contributed by atoms with Gasteiger partial charge in [-0.25, -0.2) is 17.8 Å². The molecule has 1 amide bonds. The molecule has 0 atom stereocenters. The molecule has 1 aliphatic rings. The number of nitrogens with zero attached hydrogens (tertiary/aromatic N) is 3. The highest BCUT2D eigenvalue weighted by atomic mass is 35.5. The van der Waals surface area contributed by atoms with Gasteiger partial charge in [0, 0.05) is 55.5 Å². The molecule has 1 fully saturated rings. The van der Waals surface area contributed by atoms with Crippen molar-refractivity contribution in [2.75, 3.05) is 48.9 Å². The number of fused-ring (bicyclic) bond motifs is 1. The minimum Gasteiger partial charge on any atom is -0.351 e. The van der Waals surface area contributed by atoms with Crippen LogP contribution in [-0.2, 0) is 10.0 Å². The van der Waals surface area contributed by atoms with Gasteiger partial charge in [-0.2, -0.15) is 0 Å². The zero-order valence-electron chi connectivity index (χ0n) is 20.6. The lowest BCUT2D eigenvalue weighted by atomic mass is 10.2. The van der Waals surface area contributed by atoms with Gasteiger partial charge in [-0.3, -0.25) is 14.4 Å². The van der Waals surface area contributed by atoms with Gasteiger partial charge in [-0.05, 0) is 66.7 Å². The fourth-order valence-corrected chi connectivity index (χ4v) is 6.48. The molecule has 39 heavy (non-hydrogen) atoms. The van der Waals surface area contributed by atoms with E-state index in [1.54, 1.807) is 23.5 Å². The van der Waals surface area contributed by atoms with E-state index in [-0.39, 0.29) is 23.2 Å². The van der Waals surface area contributed by atoms with Crippen LogP contribution in [0.2, 0.25) is 5.02 Å². The van der Waals surface area contributed by atoms with Crippen LogP contribution in [0.15, 0.2) is 71.6 Å². The molecule has 206 valence electrons. The number of rotatable bonds is 8. The van der Waals surface area contributed by atoms with Crippen molar-refractivity contribution in [3.8, 4) is 0 Å².